The van der Waals surface area contributed by atoms with Gasteiger partial charge in [0.25, 0.3) is 0 Å². The van der Waals surface area contributed by atoms with Gasteiger partial charge in [-0.2, -0.15) is 0 Å². The van der Waals surface area contributed by atoms with Gasteiger partial charge in [-0.1, -0.05) is 19.9 Å². The number of ether oxygens (including phenoxy) is 1. The summed E-state index contributed by atoms with van der Waals surface area (Å²) in [5.41, 5.74) is 0.478. The molecule has 3 amide bonds. The molecule has 0 aromatic carbocycles. The molecule has 0 aliphatic carbocycles. The second kappa shape index (κ2) is 10.8. The fourth-order valence-corrected chi connectivity index (χ4v) is 3.29. The predicted octanol–water partition coefficient (Wildman–Crippen LogP) is 1.10. The number of hydrogen-bond donors (Lipinski definition) is 1. The van der Waals surface area contributed by atoms with Crippen LogP contribution in [0.4, 0.5) is 0 Å². The Labute approximate surface area is 167 Å². The first-order valence-corrected chi connectivity index (χ1v) is 9.72. The molecule has 158 valence electrons. The van der Waals surface area contributed by atoms with Crippen LogP contribution in [0.25, 0.3) is 0 Å². The minimum Gasteiger partial charge on any atom is -0.461 e. The molecule has 0 saturated carbocycles. The van der Waals surface area contributed by atoms with Gasteiger partial charge >= 0.3 is 5.97 Å². The van der Waals surface area contributed by atoms with Crippen LogP contribution >= 0.6 is 0 Å². The largest absolute Gasteiger partial charge is 0.461 e. The summed E-state index contributed by atoms with van der Waals surface area (Å²) in [7, 11) is 1.65. The van der Waals surface area contributed by atoms with E-state index in [2.05, 4.69) is 5.32 Å². The minimum absolute atomic E-state index is 0.0632. The standard InChI is InChI=1S/C20H33N3O5/c1-13(2)17(22(6)18(25)11-21-12-24)10-15(5)19(26)23-9-7-8-16(23)20(27)28-14(3)4/h10,12-14,16-17H,7-9,11H2,1-6H3,(H,21,24)/b15-10+/t16-,17?/m0/s1. The summed E-state index contributed by atoms with van der Waals surface area (Å²) in [6.07, 6.45) is 3.35. The van der Waals surface area contributed by atoms with Crippen LogP contribution in [0, 0.1) is 5.92 Å². The quantitative estimate of drug-likeness (QED) is 0.358. The second-order valence-corrected chi connectivity index (χ2v) is 7.73. The fourth-order valence-electron chi connectivity index (χ4n) is 3.29. The molecule has 0 aromatic rings. The van der Waals surface area contributed by atoms with Gasteiger partial charge in [-0.25, -0.2) is 4.79 Å². The zero-order valence-electron chi connectivity index (χ0n) is 17.7. The number of rotatable bonds is 9. The van der Waals surface area contributed by atoms with Gasteiger partial charge in [0.2, 0.25) is 18.2 Å². The van der Waals surface area contributed by atoms with Crippen LogP contribution in [-0.4, -0.2) is 72.3 Å². The van der Waals surface area contributed by atoms with Crippen molar-refractivity contribution in [2.75, 3.05) is 20.1 Å². The van der Waals surface area contributed by atoms with E-state index in [1.807, 2.05) is 13.8 Å². The van der Waals surface area contributed by atoms with Gasteiger partial charge in [-0.05, 0) is 39.5 Å². The van der Waals surface area contributed by atoms with E-state index in [4.69, 9.17) is 4.74 Å². The first-order chi connectivity index (χ1) is 13.1. The summed E-state index contributed by atoms with van der Waals surface area (Å²) in [4.78, 5) is 51.0. The number of nitrogens with one attached hydrogen (secondary N) is 1. The van der Waals surface area contributed by atoms with E-state index in [-0.39, 0.29) is 42.4 Å². The molecule has 1 fully saturated rings. The molecule has 1 heterocycles. The number of likely N-dealkylation sites (tertiary alicyclic amines) is 1. The highest BCUT2D eigenvalue weighted by Gasteiger charge is 2.36. The first-order valence-electron chi connectivity index (χ1n) is 9.72. The highest BCUT2D eigenvalue weighted by Crippen LogP contribution is 2.22. The average molecular weight is 396 g/mol. The summed E-state index contributed by atoms with van der Waals surface area (Å²) < 4.78 is 5.28. The van der Waals surface area contributed by atoms with E-state index in [1.165, 1.54) is 4.90 Å². The zero-order valence-corrected chi connectivity index (χ0v) is 17.7. The van der Waals surface area contributed by atoms with E-state index in [0.29, 0.717) is 24.9 Å². The molecular weight excluding hydrogens is 362 g/mol. The first kappa shape index (κ1) is 23.7. The Morgan fingerprint density at radius 3 is 2.43 bits per heavy atom. The van der Waals surface area contributed by atoms with Crippen molar-refractivity contribution in [2.24, 2.45) is 5.92 Å². The van der Waals surface area contributed by atoms with Gasteiger partial charge in [-0.15, -0.1) is 0 Å². The molecule has 1 unspecified atom stereocenters. The lowest BCUT2D eigenvalue weighted by atomic mass is 9.99. The van der Waals surface area contributed by atoms with Crippen molar-refractivity contribution in [2.45, 2.75) is 65.6 Å². The molecule has 1 N–H and O–H groups in total. The van der Waals surface area contributed by atoms with Crippen LogP contribution in [0.1, 0.15) is 47.5 Å². The Balaban J connectivity index is 2.95. The minimum atomic E-state index is -0.563. The van der Waals surface area contributed by atoms with Crippen LogP contribution in [0.5, 0.6) is 0 Å². The number of nitrogens with zero attached hydrogens (tertiary/aromatic N) is 2. The van der Waals surface area contributed by atoms with Crippen molar-refractivity contribution >= 4 is 24.2 Å². The van der Waals surface area contributed by atoms with Gasteiger partial charge in [-0.3, -0.25) is 14.4 Å². The zero-order chi connectivity index (χ0) is 21.4. The molecule has 8 heteroatoms. The lowest BCUT2D eigenvalue weighted by Crippen LogP contribution is -2.45. The van der Waals surface area contributed by atoms with E-state index < -0.39 is 6.04 Å². The van der Waals surface area contributed by atoms with Crippen LogP contribution in [0.2, 0.25) is 0 Å². The predicted molar refractivity (Wildman–Crippen MR) is 105 cm³/mol. The van der Waals surface area contributed by atoms with Gasteiger partial charge < -0.3 is 19.9 Å². The summed E-state index contributed by atoms with van der Waals surface area (Å²) in [5, 5.41) is 2.36. The van der Waals surface area contributed by atoms with Crippen LogP contribution < -0.4 is 5.32 Å². The molecule has 8 nitrogen and oxygen atoms in total. The maximum Gasteiger partial charge on any atom is 0.329 e. The average Bonchev–Trinajstić information content (AvgIpc) is 3.11. The van der Waals surface area contributed by atoms with Crippen LogP contribution in [-0.2, 0) is 23.9 Å². The SMILES string of the molecule is C/C(=C\C(C(C)C)N(C)C(=O)CNC=O)C(=O)N1CCC[C@H]1C(=O)OC(C)C. The smallest absolute Gasteiger partial charge is 0.329 e. The lowest BCUT2D eigenvalue weighted by molar-refractivity contribution is -0.155. The molecule has 1 saturated heterocycles. The maximum absolute atomic E-state index is 13.0. The van der Waals surface area contributed by atoms with Crippen molar-refractivity contribution in [3.05, 3.63) is 11.6 Å². The Bertz CT molecular complexity index is 615. The van der Waals surface area contributed by atoms with Gasteiger partial charge in [0.1, 0.15) is 6.04 Å². The third-order valence-electron chi connectivity index (χ3n) is 4.76. The number of carbonyl (C=O) groups is 4. The Morgan fingerprint density at radius 2 is 1.89 bits per heavy atom. The topological polar surface area (TPSA) is 96.0 Å². The van der Waals surface area contributed by atoms with Gasteiger partial charge in [0.05, 0.1) is 18.7 Å². The van der Waals surface area contributed by atoms with Gasteiger partial charge in [0, 0.05) is 19.2 Å². The molecule has 1 aliphatic heterocycles. The van der Waals surface area contributed by atoms with Crippen molar-refractivity contribution in [1.82, 2.24) is 15.1 Å². The summed E-state index contributed by atoms with van der Waals surface area (Å²) in [5.74, 6) is -0.780. The third kappa shape index (κ3) is 6.35. The monoisotopic (exact) mass is 395 g/mol. The van der Waals surface area contributed by atoms with Gasteiger partial charge in [0.15, 0.2) is 0 Å². The van der Waals surface area contributed by atoms with Crippen molar-refractivity contribution in [1.29, 1.82) is 0 Å². The Kier molecular flexibility index (Phi) is 9.15. The normalized spacial score (nSPS) is 18.2. The maximum atomic E-state index is 13.0. The lowest BCUT2D eigenvalue weighted by Gasteiger charge is -2.30. The summed E-state index contributed by atoms with van der Waals surface area (Å²) in [6, 6.07) is -0.875. The molecule has 28 heavy (non-hydrogen) atoms. The van der Waals surface area contributed by atoms with Crippen LogP contribution in [0.15, 0.2) is 11.6 Å². The number of esters is 1. The second-order valence-electron chi connectivity index (χ2n) is 7.73. The molecule has 0 aromatic heterocycles. The fraction of sp³-hybridized carbons (Fsp3) is 0.700. The summed E-state index contributed by atoms with van der Waals surface area (Å²) in [6.45, 7) is 9.57. The Hall–Kier alpha value is -2.38. The van der Waals surface area contributed by atoms with E-state index in [1.54, 1.807) is 38.8 Å². The Morgan fingerprint density at radius 1 is 1.25 bits per heavy atom. The number of carbonyl (C=O) groups excluding carboxylic acids is 4. The third-order valence-corrected chi connectivity index (χ3v) is 4.76. The highest BCUT2D eigenvalue weighted by atomic mass is 16.5. The molecule has 1 rings (SSSR count). The van der Waals surface area contributed by atoms with E-state index in [0.717, 1.165) is 6.42 Å². The van der Waals surface area contributed by atoms with Crippen LogP contribution in [0.3, 0.4) is 0 Å². The van der Waals surface area contributed by atoms with E-state index in [9.17, 15) is 19.2 Å². The molecule has 0 bridgehead atoms. The molecular formula is C20H33N3O5. The molecule has 0 radical (unpaired) electrons. The highest BCUT2D eigenvalue weighted by molar-refractivity contribution is 5.96. The van der Waals surface area contributed by atoms with Crippen molar-refractivity contribution in [3.8, 4) is 0 Å². The molecule has 1 aliphatic rings. The number of likely N-dealkylation sites (N-methyl/N-ethyl adjacent to an activating group) is 1. The number of amides is 3. The van der Waals surface area contributed by atoms with E-state index >= 15 is 0 Å². The van der Waals surface area contributed by atoms with Crippen molar-refractivity contribution in [3.63, 3.8) is 0 Å². The van der Waals surface area contributed by atoms with Crippen molar-refractivity contribution < 1.29 is 23.9 Å². The molecule has 0 spiro atoms. The summed E-state index contributed by atoms with van der Waals surface area (Å²) >= 11 is 0. The number of hydrogen-bond acceptors (Lipinski definition) is 5. The molecule has 2 atom stereocenters.